The molecule has 1 aromatic carbocycles. The third-order valence-electron chi connectivity index (χ3n) is 3.70. The van der Waals surface area contributed by atoms with Gasteiger partial charge >= 0.3 is 0 Å². The minimum atomic E-state index is 0.463. The van der Waals surface area contributed by atoms with Crippen molar-refractivity contribution in [2.45, 2.75) is 31.3 Å². The summed E-state index contributed by atoms with van der Waals surface area (Å²) in [5.74, 6) is 0.972. The first kappa shape index (κ1) is 11.1. The Morgan fingerprint density at radius 3 is 3.06 bits per heavy atom. The Morgan fingerprint density at radius 1 is 1.41 bits per heavy atom. The summed E-state index contributed by atoms with van der Waals surface area (Å²) in [6, 6.07) is 7.70. The van der Waals surface area contributed by atoms with E-state index in [2.05, 4.69) is 28.8 Å². The molecule has 1 fully saturated rings. The highest BCUT2D eigenvalue weighted by Gasteiger charge is 2.24. The molecule has 3 nitrogen and oxygen atoms in total. The fraction of sp³-hybridized carbons (Fsp3) is 0.571. The second-order valence-corrected chi connectivity index (χ2v) is 5.00. The van der Waals surface area contributed by atoms with Gasteiger partial charge < -0.3 is 15.4 Å². The van der Waals surface area contributed by atoms with Crippen molar-refractivity contribution < 1.29 is 4.74 Å². The number of hydrogen-bond acceptors (Lipinski definition) is 3. The van der Waals surface area contributed by atoms with Crippen LogP contribution < -0.4 is 15.4 Å². The highest BCUT2D eigenvalue weighted by molar-refractivity contribution is 5.39. The van der Waals surface area contributed by atoms with E-state index in [0.29, 0.717) is 6.04 Å². The number of nitrogens with one attached hydrogen (secondary N) is 2. The van der Waals surface area contributed by atoms with E-state index < -0.39 is 0 Å². The maximum Gasteiger partial charge on any atom is 0.119 e. The number of fused-ring (bicyclic) bond motifs is 1. The molecule has 0 aromatic heterocycles. The summed E-state index contributed by atoms with van der Waals surface area (Å²) in [5, 5.41) is 7.19. The van der Waals surface area contributed by atoms with Gasteiger partial charge in [0, 0.05) is 18.6 Å². The van der Waals surface area contributed by atoms with Crippen molar-refractivity contribution in [3.8, 4) is 5.75 Å². The van der Waals surface area contributed by atoms with Crippen LogP contribution in [0.15, 0.2) is 18.2 Å². The van der Waals surface area contributed by atoms with Crippen LogP contribution in [0, 0.1) is 0 Å². The number of rotatable bonds is 4. The van der Waals surface area contributed by atoms with Gasteiger partial charge in [-0.3, -0.25) is 0 Å². The Balaban J connectivity index is 1.75. The molecule has 2 N–H and O–H groups in total. The average Bonchev–Trinajstić information content (AvgIpc) is 3.19. The van der Waals surface area contributed by atoms with E-state index >= 15 is 0 Å². The van der Waals surface area contributed by atoms with Crippen LogP contribution in [0.25, 0.3) is 0 Å². The summed E-state index contributed by atoms with van der Waals surface area (Å²) in [6.07, 6.45) is 3.80. The minimum absolute atomic E-state index is 0.463. The van der Waals surface area contributed by atoms with Crippen LogP contribution in [0.4, 0.5) is 0 Å². The third-order valence-corrected chi connectivity index (χ3v) is 3.70. The fourth-order valence-electron chi connectivity index (χ4n) is 2.51. The zero-order chi connectivity index (χ0) is 11.7. The largest absolute Gasteiger partial charge is 0.497 e. The van der Waals surface area contributed by atoms with Crippen LogP contribution in [0.5, 0.6) is 5.75 Å². The number of hydrogen-bond donors (Lipinski definition) is 2. The first-order valence-electron chi connectivity index (χ1n) is 6.50. The molecule has 92 valence electrons. The predicted octanol–water partition coefficient (Wildman–Crippen LogP) is 1.63. The Morgan fingerprint density at radius 2 is 2.29 bits per heavy atom. The summed E-state index contributed by atoms with van der Waals surface area (Å²) in [7, 11) is 1.73. The van der Waals surface area contributed by atoms with Gasteiger partial charge in [0.25, 0.3) is 0 Å². The molecule has 3 heteroatoms. The molecule has 1 aromatic rings. The molecule has 2 aliphatic rings. The van der Waals surface area contributed by atoms with Gasteiger partial charge in [-0.15, -0.1) is 0 Å². The highest BCUT2D eigenvalue weighted by Crippen LogP contribution is 2.27. The van der Waals surface area contributed by atoms with Crippen molar-refractivity contribution in [3.05, 3.63) is 29.3 Å². The molecule has 0 amide bonds. The molecule has 1 heterocycles. The highest BCUT2D eigenvalue weighted by atomic mass is 16.5. The van der Waals surface area contributed by atoms with Gasteiger partial charge in [-0.2, -0.15) is 0 Å². The Kier molecular flexibility index (Phi) is 3.04. The quantitative estimate of drug-likeness (QED) is 0.828. The second-order valence-electron chi connectivity index (χ2n) is 5.00. The first-order chi connectivity index (χ1) is 8.36. The minimum Gasteiger partial charge on any atom is -0.497 e. The van der Waals surface area contributed by atoms with Crippen molar-refractivity contribution >= 4 is 0 Å². The van der Waals surface area contributed by atoms with Gasteiger partial charge in [0.15, 0.2) is 0 Å². The molecule has 0 spiro atoms. The van der Waals surface area contributed by atoms with Gasteiger partial charge in [0.1, 0.15) is 5.75 Å². The predicted molar refractivity (Wildman–Crippen MR) is 68.5 cm³/mol. The summed E-state index contributed by atoms with van der Waals surface area (Å²) in [4.78, 5) is 0. The van der Waals surface area contributed by atoms with Crippen LogP contribution in [0.1, 0.15) is 30.0 Å². The Hall–Kier alpha value is -1.06. The van der Waals surface area contributed by atoms with Gasteiger partial charge in [0.05, 0.1) is 7.11 Å². The van der Waals surface area contributed by atoms with Gasteiger partial charge in [-0.05, 0) is 49.1 Å². The molecule has 3 rings (SSSR count). The molecule has 1 aliphatic carbocycles. The summed E-state index contributed by atoms with van der Waals surface area (Å²) in [6.45, 7) is 2.11. The van der Waals surface area contributed by atoms with Gasteiger partial charge in [0.2, 0.25) is 0 Å². The first-order valence-corrected chi connectivity index (χ1v) is 6.50. The van der Waals surface area contributed by atoms with Gasteiger partial charge in [-0.1, -0.05) is 6.07 Å². The van der Waals surface area contributed by atoms with Crippen molar-refractivity contribution in [1.29, 1.82) is 0 Å². The van der Waals surface area contributed by atoms with Gasteiger partial charge in [-0.25, -0.2) is 0 Å². The SMILES string of the molecule is COc1ccc2c(c1)CCNC2CNC1CC1. The fourth-order valence-corrected chi connectivity index (χ4v) is 2.51. The van der Waals surface area contributed by atoms with Crippen LogP contribution >= 0.6 is 0 Å². The van der Waals surface area contributed by atoms with E-state index in [9.17, 15) is 0 Å². The lowest BCUT2D eigenvalue weighted by Gasteiger charge is -2.27. The standard InChI is InChI=1S/C14H20N2O/c1-17-12-4-5-13-10(8-12)6-7-15-14(13)9-16-11-2-3-11/h4-5,8,11,14-16H,2-3,6-7,9H2,1H3. The molecule has 1 aliphatic heterocycles. The van der Waals surface area contributed by atoms with Crippen LogP contribution in [-0.2, 0) is 6.42 Å². The number of methoxy groups -OCH3 is 1. The lowest BCUT2D eigenvalue weighted by molar-refractivity contribution is 0.411. The molecule has 0 bridgehead atoms. The molecule has 0 radical (unpaired) electrons. The monoisotopic (exact) mass is 232 g/mol. The molecule has 1 atom stereocenters. The van der Waals surface area contributed by atoms with E-state index in [1.165, 1.54) is 24.0 Å². The lowest BCUT2D eigenvalue weighted by Crippen LogP contribution is -2.37. The van der Waals surface area contributed by atoms with E-state index in [4.69, 9.17) is 4.74 Å². The van der Waals surface area contributed by atoms with Crippen molar-refractivity contribution in [2.75, 3.05) is 20.2 Å². The molecule has 1 saturated carbocycles. The maximum atomic E-state index is 5.29. The zero-order valence-corrected chi connectivity index (χ0v) is 10.3. The topological polar surface area (TPSA) is 33.3 Å². The average molecular weight is 232 g/mol. The van der Waals surface area contributed by atoms with E-state index in [0.717, 1.165) is 31.3 Å². The van der Waals surface area contributed by atoms with Crippen LogP contribution in [0.3, 0.4) is 0 Å². The summed E-state index contributed by atoms with van der Waals surface area (Å²) >= 11 is 0. The maximum absolute atomic E-state index is 5.29. The lowest BCUT2D eigenvalue weighted by atomic mass is 9.94. The summed E-state index contributed by atoms with van der Waals surface area (Å²) < 4.78 is 5.29. The molecular formula is C14H20N2O. The number of benzene rings is 1. The Labute approximate surface area is 103 Å². The molecule has 0 saturated heterocycles. The van der Waals surface area contributed by atoms with E-state index in [1.54, 1.807) is 7.11 Å². The second kappa shape index (κ2) is 4.67. The van der Waals surface area contributed by atoms with Crippen molar-refractivity contribution in [1.82, 2.24) is 10.6 Å². The zero-order valence-electron chi connectivity index (χ0n) is 10.3. The molecule has 1 unspecified atom stereocenters. The van der Waals surface area contributed by atoms with Crippen molar-refractivity contribution in [2.24, 2.45) is 0 Å². The molecule has 17 heavy (non-hydrogen) atoms. The molecular weight excluding hydrogens is 212 g/mol. The van der Waals surface area contributed by atoms with Crippen LogP contribution in [-0.4, -0.2) is 26.2 Å². The van der Waals surface area contributed by atoms with E-state index in [1.807, 2.05) is 0 Å². The Bertz CT molecular complexity index is 401. The van der Waals surface area contributed by atoms with Crippen LogP contribution in [0.2, 0.25) is 0 Å². The van der Waals surface area contributed by atoms with Crippen molar-refractivity contribution in [3.63, 3.8) is 0 Å². The number of ether oxygens (including phenoxy) is 1. The smallest absolute Gasteiger partial charge is 0.119 e. The third kappa shape index (κ3) is 2.45. The summed E-state index contributed by atoms with van der Waals surface area (Å²) in [5.41, 5.74) is 2.87. The van der Waals surface area contributed by atoms with E-state index in [-0.39, 0.29) is 0 Å². The normalized spacial score (nSPS) is 23.2.